The molecule has 0 bridgehead atoms. The largest absolute Gasteiger partial charge is 0.361 e. The summed E-state index contributed by atoms with van der Waals surface area (Å²) in [6.45, 7) is 2.74. The fourth-order valence-corrected chi connectivity index (χ4v) is 4.94. The summed E-state index contributed by atoms with van der Waals surface area (Å²) in [6.07, 6.45) is 7.19. The van der Waals surface area contributed by atoms with Gasteiger partial charge in [-0.15, -0.1) is 0 Å². The van der Waals surface area contributed by atoms with Gasteiger partial charge in [0, 0.05) is 35.7 Å². The monoisotopic (exact) mass is 424 g/mol. The fourth-order valence-electron chi connectivity index (χ4n) is 4.71. The number of aldehydes is 1. The molecule has 1 N–H and O–H groups in total. The molecule has 0 amide bonds. The molecule has 0 radical (unpaired) electrons. The van der Waals surface area contributed by atoms with E-state index in [0.29, 0.717) is 6.42 Å². The number of unbranched alkanes of at least 4 members (excludes halogenated alkanes) is 1. The number of ketones is 1. The summed E-state index contributed by atoms with van der Waals surface area (Å²) in [5.74, 6) is 0.219. The predicted molar refractivity (Wildman–Crippen MR) is 122 cm³/mol. The molecule has 0 aromatic heterocycles. The third-order valence-corrected chi connectivity index (χ3v) is 6.61. The number of halogens is 1. The van der Waals surface area contributed by atoms with Gasteiger partial charge in [0.15, 0.2) is 5.78 Å². The lowest BCUT2D eigenvalue weighted by Crippen LogP contribution is -2.36. The molecular formula is C25H29ClN2O2. The van der Waals surface area contributed by atoms with Crippen LogP contribution < -0.4 is 10.2 Å². The molecule has 0 fully saturated rings. The van der Waals surface area contributed by atoms with E-state index in [1.165, 1.54) is 16.8 Å². The van der Waals surface area contributed by atoms with Crippen molar-refractivity contribution in [1.82, 2.24) is 5.32 Å². The zero-order chi connectivity index (χ0) is 20.9. The van der Waals surface area contributed by atoms with Gasteiger partial charge in [-0.05, 0) is 80.1 Å². The summed E-state index contributed by atoms with van der Waals surface area (Å²) in [5.41, 5.74) is 5.63. The Kier molecular flexibility index (Phi) is 6.86. The topological polar surface area (TPSA) is 49.4 Å². The summed E-state index contributed by atoms with van der Waals surface area (Å²) < 4.78 is 0. The Morgan fingerprint density at radius 2 is 2.00 bits per heavy atom. The van der Waals surface area contributed by atoms with Crippen LogP contribution in [0.1, 0.15) is 52.7 Å². The fraction of sp³-hybridized carbons (Fsp3) is 0.440. The molecule has 158 valence electrons. The molecule has 0 spiro atoms. The molecule has 4 nitrogen and oxygen atoms in total. The minimum atomic E-state index is -0.0544. The molecule has 30 heavy (non-hydrogen) atoms. The Morgan fingerprint density at radius 3 is 2.83 bits per heavy atom. The second-order valence-corrected chi connectivity index (χ2v) is 8.73. The lowest BCUT2D eigenvalue weighted by Gasteiger charge is -2.30. The van der Waals surface area contributed by atoms with Gasteiger partial charge in [0.1, 0.15) is 6.29 Å². The van der Waals surface area contributed by atoms with Crippen molar-refractivity contribution in [1.29, 1.82) is 0 Å². The molecule has 2 aliphatic heterocycles. The number of nitrogens with one attached hydrogen (secondary N) is 1. The van der Waals surface area contributed by atoms with Gasteiger partial charge in [-0.2, -0.15) is 0 Å². The van der Waals surface area contributed by atoms with Crippen LogP contribution in [0.4, 0.5) is 5.69 Å². The Hall–Kier alpha value is -2.17. The van der Waals surface area contributed by atoms with Crippen LogP contribution in [0.25, 0.3) is 0 Å². The Labute approximate surface area is 183 Å². The predicted octanol–water partition coefficient (Wildman–Crippen LogP) is 4.40. The Bertz CT molecular complexity index is 927. The SMILES string of the molecule is O=CC1Cc2cc(C(=O)CCCCNCCc3ccccc3Cl)cc3c2N1CCC3. The van der Waals surface area contributed by atoms with Crippen molar-refractivity contribution in [2.45, 2.75) is 51.0 Å². The van der Waals surface area contributed by atoms with Crippen molar-refractivity contribution < 1.29 is 9.59 Å². The zero-order valence-corrected chi connectivity index (χ0v) is 18.1. The van der Waals surface area contributed by atoms with Gasteiger partial charge >= 0.3 is 0 Å². The molecule has 0 saturated heterocycles. The van der Waals surface area contributed by atoms with E-state index in [0.717, 1.165) is 80.6 Å². The summed E-state index contributed by atoms with van der Waals surface area (Å²) in [5, 5.41) is 4.26. The highest BCUT2D eigenvalue weighted by Crippen LogP contribution is 2.39. The molecule has 2 aromatic carbocycles. The minimum Gasteiger partial charge on any atom is -0.361 e. The molecule has 0 saturated carbocycles. The van der Waals surface area contributed by atoms with Crippen molar-refractivity contribution in [2.75, 3.05) is 24.5 Å². The number of Topliss-reactive ketones (excluding diaryl/α,β-unsaturated/α-hetero) is 1. The van der Waals surface area contributed by atoms with Crippen LogP contribution >= 0.6 is 11.6 Å². The number of benzene rings is 2. The highest BCUT2D eigenvalue weighted by atomic mass is 35.5. The maximum atomic E-state index is 12.8. The van der Waals surface area contributed by atoms with Gasteiger partial charge in [-0.3, -0.25) is 4.79 Å². The van der Waals surface area contributed by atoms with Crippen LogP contribution in [-0.4, -0.2) is 37.7 Å². The standard InChI is InChI=1S/C25H29ClN2O2/c26-23-8-2-1-6-18(23)10-12-27-11-4-3-9-24(30)20-14-19-7-5-13-28-22(17-29)16-21(15-20)25(19)28/h1-2,6,8,14-15,17,22,27H,3-5,7,9-13,16H2. The molecule has 4 rings (SSSR count). The molecule has 1 atom stereocenters. The Morgan fingerprint density at radius 1 is 1.17 bits per heavy atom. The van der Waals surface area contributed by atoms with E-state index < -0.39 is 0 Å². The first-order chi connectivity index (χ1) is 14.7. The normalized spacial score (nSPS) is 17.1. The van der Waals surface area contributed by atoms with Crippen molar-refractivity contribution in [3.05, 3.63) is 63.7 Å². The first kappa shape index (κ1) is 21.1. The van der Waals surface area contributed by atoms with E-state index in [-0.39, 0.29) is 11.8 Å². The van der Waals surface area contributed by atoms with E-state index in [9.17, 15) is 9.59 Å². The number of aryl methyl sites for hydroxylation is 1. The molecule has 2 aromatic rings. The summed E-state index contributed by atoms with van der Waals surface area (Å²) >= 11 is 6.18. The summed E-state index contributed by atoms with van der Waals surface area (Å²) in [6, 6.07) is 12.0. The van der Waals surface area contributed by atoms with Crippen LogP contribution in [0.5, 0.6) is 0 Å². The number of rotatable bonds is 10. The van der Waals surface area contributed by atoms with Gasteiger partial charge in [0.25, 0.3) is 0 Å². The average molecular weight is 425 g/mol. The van der Waals surface area contributed by atoms with Gasteiger partial charge < -0.3 is 15.0 Å². The number of anilines is 1. The van der Waals surface area contributed by atoms with E-state index in [4.69, 9.17) is 11.6 Å². The van der Waals surface area contributed by atoms with Gasteiger partial charge in [-0.25, -0.2) is 0 Å². The van der Waals surface area contributed by atoms with Gasteiger partial charge in [0.05, 0.1) is 6.04 Å². The molecule has 2 heterocycles. The van der Waals surface area contributed by atoms with Crippen molar-refractivity contribution in [3.63, 3.8) is 0 Å². The first-order valence-electron chi connectivity index (χ1n) is 11.0. The molecule has 5 heteroatoms. The van der Waals surface area contributed by atoms with Crippen LogP contribution in [0.15, 0.2) is 36.4 Å². The highest BCUT2D eigenvalue weighted by Gasteiger charge is 2.33. The van der Waals surface area contributed by atoms with Gasteiger partial charge in [0.2, 0.25) is 0 Å². The number of carbonyl (C=O) groups is 2. The third-order valence-electron chi connectivity index (χ3n) is 6.24. The average Bonchev–Trinajstić information content (AvgIpc) is 3.13. The van der Waals surface area contributed by atoms with E-state index in [1.807, 2.05) is 24.3 Å². The Balaban J connectivity index is 1.23. The van der Waals surface area contributed by atoms with E-state index in [2.05, 4.69) is 22.3 Å². The number of carbonyl (C=O) groups excluding carboxylic acids is 2. The van der Waals surface area contributed by atoms with Crippen molar-refractivity contribution >= 4 is 29.4 Å². The van der Waals surface area contributed by atoms with E-state index >= 15 is 0 Å². The molecular weight excluding hydrogens is 396 g/mol. The smallest absolute Gasteiger partial charge is 0.162 e. The number of hydrogen-bond donors (Lipinski definition) is 1. The second kappa shape index (κ2) is 9.76. The minimum absolute atomic E-state index is 0.0544. The highest BCUT2D eigenvalue weighted by molar-refractivity contribution is 6.31. The quantitative estimate of drug-likeness (QED) is 0.349. The van der Waals surface area contributed by atoms with E-state index in [1.54, 1.807) is 0 Å². The number of hydrogen-bond acceptors (Lipinski definition) is 4. The lowest BCUT2D eigenvalue weighted by atomic mass is 9.94. The zero-order valence-electron chi connectivity index (χ0n) is 17.3. The maximum Gasteiger partial charge on any atom is 0.162 e. The van der Waals surface area contributed by atoms with Crippen molar-refractivity contribution in [3.8, 4) is 0 Å². The maximum absolute atomic E-state index is 12.8. The van der Waals surface area contributed by atoms with Crippen LogP contribution in [-0.2, 0) is 24.1 Å². The van der Waals surface area contributed by atoms with Crippen LogP contribution in [0, 0.1) is 0 Å². The molecule has 0 aliphatic carbocycles. The summed E-state index contributed by atoms with van der Waals surface area (Å²) in [4.78, 5) is 26.4. The number of nitrogens with zero attached hydrogens (tertiary/aromatic N) is 1. The lowest BCUT2D eigenvalue weighted by molar-refractivity contribution is -0.108. The first-order valence-corrected chi connectivity index (χ1v) is 11.4. The second-order valence-electron chi connectivity index (χ2n) is 8.32. The third kappa shape index (κ3) is 4.60. The molecule has 1 unspecified atom stereocenters. The van der Waals surface area contributed by atoms with Crippen LogP contribution in [0.2, 0.25) is 5.02 Å². The van der Waals surface area contributed by atoms with Crippen molar-refractivity contribution in [2.24, 2.45) is 0 Å². The summed E-state index contributed by atoms with van der Waals surface area (Å²) in [7, 11) is 0. The van der Waals surface area contributed by atoms with Crippen LogP contribution in [0.3, 0.4) is 0 Å². The molecule has 2 aliphatic rings. The van der Waals surface area contributed by atoms with Gasteiger partial charge in [-0.1, -0.05) is 29.8 Å².